The molecule has 0 spiro atoms. The van der Waals surface area contributed by atoms with Crippen LogP contribution in [0.1, 0.15) is 36.7 Å². The molecular weight excluding hydrogens is 256 g/mol. The molecule has 1 fully saturated rings. The molecule has 0 saturated carbocycles. The van der Waals surface area contributed by atoms with Gasteiger partial charge in [0, 0.05) is 12.1 Å². The van der Waals surface area contributed by atoms with E-state index in [9.17, 15) is 0 Å². The summed E-state index contributed by atoms with van der Waals surface area (Å²) in [6.45, 7) is 4.93. The number of nitrogens with zero attached hydrogens (tertiary/aromatic N) is 3. The Kier molecular flexibility index (Phi) is 3.84. The lowest BCUT2D eigenvalue weighted by Crippen LogP contribution is -2.36. The number of likely N-dealkylation sites (tertiary alicyclic amines) is 1. The molecule has 20 heavy (non-hydrogen) atoms. The lowest BCUT2D eigenvalue weighted by molar-refractivity contribution is 0.213. The van der Waals surface area contributed by atoms with Crippen molar-refractivity contribution in [3.05, 3.63) is 23.7 Å². The largest absolute Gasteiger partial charge is 0.459 e. The zero-order chi connectivity index (χ0) is 13.9. The van der Waals surface area contributed by atoms with Crippen LogP contribution in [0.5, 0.6) is 0 Å². The summed E-state index contributed by atoms with van der Waals surface area (Å²) in [5.74, 6) is 1.56. The maximum absolute atomic E-state index is 6.17. The predicted molar refractivity (Wildman–Crippen MR) is 74.0 cm³/mol. The van der Waals surface area contributed by atoms with Gasteiger partial charge < -0.3 is 19.6 Å². The molecular formula is C14H20N4O2. The Bertz CT molecular complexity index is 557. The lowest BCUT2D eigenvalue weighted by Gasteiger charge is -2.27. The van der Waals surface area contributed by atoms with Crippen LogP contribution in [0.4, 0.5) is 0 Å². The van der Waals surface area contributed by atoms with Gasteiger partial charge >= 0.3 is 0 Å². The highest BCUT2D eigenvalue weighted by atomic mass is 16.5. The minimum atomic E-state index is -0.221. The van der Waals surface area contributed by atoms with Crippen molar-refractivity contribution in [1.82, 2.24) is 15.0 Å². The number of furan rings is 1. The fraction of sp³-hybridized carbons (Fsp3) is 0.571. The smallest absolute Gasteiger partial charge is 0.293 e. The normalized spacial score (nSPS) is 18.3. The number of hydrogen-bond acceptors (Lipinski definition) is 6. The zero-order valence-corrected chi connectivity index (χ0v) is 11.7. The first kappa shape index (κ1) is 13.3. The van der Waals surface area contributed by atoms with E-state index in [1.807, 2.05) is 13.0 Å². The minimum Gasteiger partial charge on any atom is -0.459 e. The molecule has 6 nitrogen and oxygen atoms in total. The molecule has 6 heteroatoms. The van der Waals surface area contributed by atoms with Crippen molar-refractivity contribution in [2.45, 2.75) is 32.2 Å². The highest BCUT2D eigenvalue weighted by Gasteiger charge is 2.21. The molecule has 0 aromatic carbocycles. The standard InChI is InChI=1S/C14H20N4O2/c1-10-5-8-19-12(10)14-16-13(17-20-14)11(15)9-18-6-3-2-4-7-18/h5,8,11H,2-4,6-7,9,15H2,1H3. The first-order chi connectivity index (χ1) is 9.74. The molecule has 1 atom stereocenters. The Hall–Kier alpha value is -1.66. The Morgan fingerprint density at radius 2 is 2.15 bits per heavy atom. The number of piperidine rings is 1. The Labute approximate surface area is 117 Å². The van der Waals surface area contributed by atoms with E-state index in [1.54, 1.807) is 6.26 Å². The van der Waals surface area contributed by atoms with Gasteiger partial charge in [-0.1, -0.05) is 11.6 Å². The van der Waals surface area contributed by atoms with Crippen molar-refractivity contribution in [2.24, 2.45) is 5.73 Å². The van der Waals surface area contributed by atoms with E-state index in [-0.39, 0.29) is 6.04 Å². The van der Waals surface area contributed by atoms with Gasteiger partial charge in [0.25, 0.3) is 5.89 Å². The monoisotopic (exact) mass is 276 g/mol. The molecule has 3 heterocycles. The third-order valence-electron chi connectivity index (χ3n) is 3.73. The van der Waals surface area contributed by atoms with Gasteiger partial charge in [0.1, 0.15) is 0 Å². The second kappa shape index (κ2) is 5.76. The van der Waals surface area contributed by atoms with Crippen LogP contribution < -0.4 is 5.73 Å². The fourth-order valence-corrected chi connectivity index (χ4v) is 2.57. The predicted octanol–water partition coefficient (Wildman–Crippen LogP) is 2.12. The van der Waals surface area contributed by atoms with Gasteiger partial charge in [-0.2, -0.15) is 4.98 Å². The van der Waals surface area contributed by atoms with E-state index in [1.165, 1.54) is 19.3 Å². The molecule has 0 radical (unpaired) electrons. The number of aryl methyl sites for hydroxylation is 1. The number of aromatic nitrogens is 2. The molecule has 1 aliphatic heterocycles. The third kappa shape index (κ3) is 2.76. The van der Waals surface area contributed by atoms with Crippen LogP contribution in [0.25, 0.3) is 11.7 Å². The minimum absolute atomic E-state index is 0.221. The van der Waals surface area contributed by atoms with Gasteiger partial charge in [0.15, 0.2) is 11.6 Å². The molecule has 2 N–H and O–H groups in total. The first-order valence-electron chi connectivity index (χ1n) is 7.10. The van der Waals surface area contributed by atoms with E-state index in [4.69, 9.17) is 14.7 Å². The lowest BCUT2D eigenvalue weighted by atomic mass is 10.1. The highest BCUT2D eigenvalue weighted by Crippen LogP contribution is 2.23. The van der Waals surface area contributed by atoms with Gasteiger partial charge in [-0.05, 0) is 38.9 Å². The molecule has 3 rings (SSSR count). The quantitative estimate of drug-likeness (QED) is 0.921. The topological polar surface area (TPSA) is 81.3 Å². The van der Waals surface area contributed by atoms with Crippen molar-refractivity contribution in [3.63, 3.8) is 0 Å². The van der Waals surface area contributed by atoms with Crippen LogP contribution >= 0.6 is 0 Å². The summed E-state index contributed by atoms with van der Waals surface area (Å²) in [5, 5.41) is 3.98. The van der Waals surface area contributed by atoms with E-state index in [0.29, 0.717) is 17.5 Å². The van der Waals surface area contributed by atoms with Crippen LogP contribution in [0.3, 0.4) is 0 Å². The number of rotatable bonds is 4. The van der Waals surface area contributed by atoms with Crippen LogP contribution in [0.2, 0.25) is 0 Å². The van der Waals surface area contributed by atoms with E-state index < -0.39 is 0 Å². The van der Waals surface area contributed by atoms with Gasteiger partial charge in [0.05, 0.1) is 12.3 Å². The van der Waals surface area contributed by atoms with Gasteiger partial charge in [0.2, 0.25) is 0 Å². The third-order valence-corrected chi connectivity index (χ3v) is 3.73. The average molecular weight is 276 g/mol. The summed E-state index contributed by atoms with van der Waals surface area (Å²) < 4.78 is 10.6. The molecule has 2 aromatic heterocycles. The van der Waals surface area contributed by atoms with Gasteiger partial charge in [-0.15, -0.1) is 0 Å². The van der Waals surface area contributed by atoms with Crippen molar-refractivity contribution in [2.75, 3.05) is 19.6 Å². The van der Waals surface area contributed by atoms with E-state index in [0.717, 1.165) is 25.2 Å². The molecule has 0 amide bonds. The first-order valence-corrected chi connectivity index (χ1v) is 7.10. The summed E-state index contributed by atoms with van der Waals surface area (Å²) >= 11 is 0. The summed E-state index contributed by atoms with van der Waals surface area (Å²) in [6, 6.07) is 1.65. The van der Waals surface area contributed by atoms with Crippen molar-refractivity contribution in [1.29, 1.82) is 0 Å². The Morgan fingerprint density at radius 3 is 2.85 bits per heavy atom. The summed E-state index contributed by atoms with van der Waals surface area (Å²) in [6.07, 6.45) is 5.42. The summed E-state index contributed by atoms with van der Waals surface area (Å²) in [7, 11) is 0. The second-order valence-corrected chi connectivity index (χ2v) is 5.36. The van der Waals surface area contributed by atoms with Gasteiger partial charge in [-0.25, -0.2) is 0 Å². The molecule has 1 unspecified atom stereocenters. The highest BCUT2D eigenvalue weighted by molar-refractivity contribution is 5.49. The molecule has 2 aromatic rings. The SMILES string of the molecule is Cc1ccoc1-c1nc(C(N)CN2CCCCC2)no1. The van der Waals surface area contributed by atoms with Crippen molar-refractivity contribution < 1.29 is 8.94 Å². The van der Waals surface area contributed by atoms with Crippen molar-refractivity contribution >= 4 is 0 Å². The Balaban J connectivity index is 1.68. The van der Waals surface area contributed by atoms with Crippen LogP contribution in [-0.4, -0.2) is 34.7 Å². The summed E-state index contributed by atoms with van der Waals surface area (Å²) in [5.41, 5.74) is 7.15. The molecule has 0 bridgehead atoms. The van der Waals surface area contributed by atoms with Gasteiger partial charge in [-0.3, -0.25) is 0 Å². The van der Waals surface area contributed by atoms with Crippen molar-refractivity contribution in [3.8, 4) is 11.7 Å². The number of hydrogen-bond donors (Lipinski definition) is 1. The van der Waals surface area contributed by atoms with Crippen LogP contribution in [0.15, 0.2) is 21.3 Å². The molecule has 1 saturated heterocycles. The van der Waals surface area contributed by atoms with Crippen LogP contribution in [0, 0.1) is 6.92 Å². The molecule has 108 valence electrons. The molecule has 1 aliphatic rings. The second-order valence-electron chi connectivity index (χ2n) is 5.36. The maximum atomic E-state index is 6.17. The fourth-order valence-electron chi connectivity index (χ4n) is 2.57. The summed E-state index contributed by atoms with van der Waals surface area (Å²) in [4.78, 5) is 6.72. The Morgan fingerprint density at radius 1 is 1.35 bits per heavy atom. The molecule has 0 aliphatic carbocycles. The number of nitrogens with two attached hydrogens (primary N) is 1. The zero-order valence-electron chi connectivity index (χ0n) is 11.7. The average Bonchev–Trinajstić information content (AvgIpc) is 3.08. The van der Waals surface area contributed by atoms with E-state index >= 15 is 0 Å². The van der Waals surface area contributed by atoms with Crippen LogP contribution in [-0.2, 0) is 0 Å². The van der Waals surface area contributed by atoms with E-state index in [2.05, 4.69) is 15.0 Å². The maximum Gasteiger partial charge on any atom is 0.293 e.